The third kappa shape index (κ3) is 6.50. The minimum Gasteiger partial charge on any atom is -0.383 e. The van der Waals surface area contributed by atoms with E-state index < -0.39 is 11.9 Å². The number of carbonyl (C=O) groups is 2. The Morgan fingerprint density at radius 2 is 1.91 bits per heavy atom. The van der Waals surface area contributed by atoms with Crippen LogP contribution < -0.4 is 10.6 Å². The number of amides is 3. The van der Waals surface area contributed by atoms with Gasteiger partial charge >= 0.3 is 6.03 Å². The molecule has 0 saturated carbocycles. The number of piperidine rings is 1. The molecule has 2 N–H and O–H groups in total. The molecule has 1 aliphatic rings. The Morgan fingerprint density at radius 3 is 2.59 bits per heavy atom. The van der Waals surface area contributed by atoms with E-state index in [4.69, 9.17) is 4.74 Å². The molecule has 11 heteroatoms. The highest BCUT2D eigenvalue weighted by Crippen LogP contribution is 2.29. The molecule has 1 aromatic carbocycles. The van der Waals surface area contributed by atoms with Gasteiger partial charge < -0.3 is 10.1 Å². The number of benzene rings is 1. The first kappa shape index (κ1) is 24.1. The van der Waals surface area contributed by atoms with Crippen molar-refractivity contribution < 1.29 is 18.7 Å². The second-order valence-corrected chi connectivity index (χ2v) is 8.45. The molecule has 3 amide bonds. The smallest absolute Gasteiger partial charge is 0.321 e. The zero-order valence-electron chi connectivity index (χ0n) is 18.3. The molecule has 2 aromatic rings. The Labute approximate surface area is 191 Å². The molecule has 0 aliphatic carbocycles. The van der Waals surface area contributed by atoms with Gasteiger partial charge in [-0.2, -0.15) is 0 Å². The van der Waals surface area contributed by atoms with E-state index in [1.165, 1.54) is 37.4 Å². The number of likely N-dealkylation sites (tertiary alicyclic amines) is 1. The monoisotopic (exact) mass is 464 g/mol. The van der Waals surface area contributed by atoms with Crippen molar-refractivity contribution in [3.63, 3.8) is 0 Å². The van der Waals surface area contributed by atoms with Crippen LogP contribution in [0.5, 0.6) is 0 Å². The van der Waals surface area contributed by atoms with E-state index in [2.05, 4.69) is 32.7 Å². The molecule has 0 radical (unpaired) electrons. The average Bonchev–Trinajstić information content (AvgIpc) is 3.22. The number of carbonyl (C=O) groups excluding carboxylic acids is 2. The number of nitrogens with one attached hydrogen (secondary N) is 2. The molecule has 1 aliphatic heterocycles. The summed E-state index contributed by atoms with van der Waals surface area (Å²) in [5.74, 6) is -0.0711. The number of aromatic nitrogens is 3. The van der Waals surface area contributed by atoms with Crippen LogP contribution in [-0.2, 0) is 9.53 Å². The lowest BCUT2D eigenvalue weighted by molar-refractivity contribution is -0.117. The number of ether oxygens (including phenoxy) is 1. The maximum Gasteiger partial charge on any atom is 0.321 e. The molecule has 9 nitrogen and oxygen atoms in total. The van der Waals surface area contributed by atoms with Gasteiger partial charge in [0.25, 0.3) is 0 Å². The SMILES string of the molecule is COCCNC(=O)NC(=O)CSc1nnc([C@@H](C)N2CCCCC2)n1-c1ccc(F)cc1. The van der Waals surface area contributed by atoms with E-state index >= 15 is 0 Å². The van der Waals surface area contributed by atoms with Crippen LogP contribution in [0.1, 0.15) is 38.1 Å². The van der Waals surface area contributed by atoms with Crippen molar-refractivity contribution in [3.8, 4) is 5.69 Å². The lowest BCUT2D eigenvalue weighted by Crippen LogP contribution is -2.41. The van der Waals surface area contributed by atoms with Crippen LogP contribution in [0, 0.1) is 5.82 Å². The average molecular weight is 465 g/mol. The Balaban J connectivity index is 1.73. The predicted octanol–water partition coefficient (Wildman–Crippen LogP) is 2.52. The van der Waals surface area contributed by atoms with E-state index in [-0.39, 0.29) is 17.6 Å². The first-order chi connectivity index (χ1) is 15.5. The summed E-state index contributed by atoms with van der Waals surface area (Å²) in [6.45, 7) is 4.72. The van der Waals surface area contributed by atoms with Crippen LogP contribution in [-0.4, -0.2) is 70.7 Å². The Bertz CT molecular complexity index is 901. The van der Waals surface area contributed by atoms with Crippen LogP contribution in [0.15, 0.2) is 29.4 Å². The second kappa shape index (κ2) is 11.9. The maximum absolute atomic E-state index is 13.5. The van der Waals surface area contributed by atoms with Gasteiger partial charge in [0, 0.05) is 19.3 Å². The first-order valence-corrected chi connectivity index (χ1v) is 11.6. The molecule has 0 spiro atoms. The molecular formula is C21H29FN6O3S. The number of rotatable bonds is 9. The van der Waals surface area contributed by atoms with E-state index in [0.29, 0.717) is 18.3 Å². The van der Waals surface area contributed by atoms with E-state index in [1.54, 1.807) is 12.1 Å². The molecule has 1 atom stereocenters. The lowest BCUT2D eigenvalue weighted by Gasteiger charge is -2.31. The highest BCUT2D eigenvalue weighted by Gasteiger charge is 2.26. The molecule has 32 heavy (non-hydrogen) atoms. The van der Waals surface area contributed by atoms with Gasteiger partial charge in [0.15, 0.2) is 11.0 Å². The highest BCUT2D eigenvalue weighted by atomic mass is 32.2. The number of hydrogen-bond donors (Lipinski definition) is 2. The van der Waals surface area contributed by atoms with Crippen LogP contribution in [0.25, 0.3) is 5.69 Å². The van der Waals surface area contributed by atoms with Gasteiger partial charge in [-0.05, 0) is 57.1 Å². The van der Waals surface area contributed by atoms with E-state index in [9.17, 15) is 14.0 Å². The topological polar surface area (TPSA) is 101 Å². The van der Waals surface area contributed by atoms with Gasteiger partial charge in [0.05, 0.1) is 18.4 Å². The molecule has 0 bridgehead atoms. The highest BCUT2D eigenvalue weighted by molar-refractivity contribution is 7.99. The summed E-state index contributed by atoms with van der Waals surface area (Å²) in [6, 6.07) is 5.54. The molecule has 174 valence electrons. The molecule has 1 fully saturated rings. The number of halogens is 1. The van der Waals surface area contributed by atoms with Gasteiger partial charge in [-0.15, -0.1) is 10.2 Å². The van der Waals surface area contributed by atoms with E-state index in [0.717, 1.165) is 37.4 Å². The second-order valence-electron chi connectivity index (χ2n) is 7.51. The number of nitrogens with zero attached hydrogens (tertiary/aromatic N) is 4. The molecule has 1 saturated heterocycles. The van der Waals surface area contributed by atoms with Crippen LogP contribution in [0.4, 0.5) is 9.18 Å². The summed E-state index contributed by atoms with van der Waals surface area (Å²) in [7, 11) is 1.53. The van der Waals surface area contributed by atoms with Crippen molar-refractivity contribution in [2.24, 2.45) is 0 Å². The fourth-order valence-electron chi connectivity index (χ4n) is 3.55. The number of urea groups is 1. The summed E-state index contributed by atoms with van der Waals surface area (Å²) in [5.41, 5.74) is 0.718. The third-order valence-electron chi connectivity index (χ3n) is 5.23. The minimum absolute atomic E-state index is 0.0163. The van der Waals surface area contributed by atoms with Crippen molar-refractivity contribution in [2.75, 3.05) is 39.1 Å². The Hall–Kier alpha value is -2.50. The zero-order valence-corrected chi connectivity index (χ0v) is 19.2. The summed E-state index contributed by atoms with van der Waals surface area (Å²) in [5, 5.41) is 14.0. The van der Waals surface area contributed by atoms with Gasteiger partial charge in [-0.1, -0.05) is 18.2 Å². The molecule has 1 aromatic heterocycles. The van der Waals surface area contributed by atoms with Gasteiger partial charge in [0.1, 0.15) is 5.82 Å². The molecule has 2 heterocycles. The van der Waals surface area contributed by atoms with Gasteiger partial charge in [-0.3, -0.25) is 19.6 Å². The molecular weight excluding hydrogens is 435 g/mol. The molecule has 0 unspecified atom stereocenters. The zero-order chi connectivity index (χ0) is 22.9. The van der Waals surface area contributed by atoms with Gasteiger partial charge in [0.2, 0.25) is 5.91 Å². The third-order valence-corrected chi connectivity index (χ3v) is 6.16. The van der Waals surface area contributed by atoms with Crippen molar-refractivity contribution in [1.29, 1.82) is 0 Å². The number of hydrogen-bond acceptors (Lipinski definition) is 7. The van der Waals surface area contributed by atoms with Crippen LogP contribution in [0.3, 0.4) is 0 Å². The maximum atomic E-state index is 13.5. The van der Waals surface area contributed by atoms with Crippen molar-refractivity contribution in [1.82, 2.24) is 30.3 Å². The number of methoxy groups -OCH3 is 1. The number of thioether (sulfide) groups is 1. The fourth-order valence-corrected chi connectivity index (χ4v) is 4.31. The van der Waals surface area contributed by atoms with Gasteiger partial charge in [-0.25, -0.2) is 9.18 Å². The predicted molar refractivity (Wildman–Crippen MR) is 119 cm³/mol. The first-order valence-electron chi connectivity index (χ1n) is 10.6. The minimum atomic E-state index is -0.577. The summed E-state index contributed by atoms with van der Waals surface area (Å²) in [6.07, 6.45) is 3.51. The number of imide groups is 1. The summed E-state index contributed by atoms with van der Waals surface area (Å²) < 4.78 is 20.2. The summed E-state index contributed by atoms with van der Waals surface area (Å²) >= 11 is 1.17. The standard InChI is InChI=1S/C21H29FN6O3S/c1-15(27-11-4-3-5-12-27)19-25-26-21(28(19)17-8-6-16(22)7-9-17)32-14-18(29)24-20(30)23-10-13-31-2/h6-9,15H,3-5,10-14H2,1-2H3,(H2,23,24,29,30)/t15-/m1/s1. The molecule has 3 rings (SSSR count). The summed E-state index contributed by atoms with van der Waals surface area (Å²) in [4.78, 5) is 26.3. The quantitative estimate of drug-likeness (QED) is 0.434. The van der Waals surface area contributed by atoms with Crippen molar-refractivity contribution in [3.05, 3.63) is 35.9 Å². The van der Waals surface area contributed by atoms with Crippen molar-refractivity contribution >= 4 is 23.7 Å². The van der Waals surface area contributed by atoms with Crippen LogP contribution >= 0.6 is 11.8 Å². The Morgan fingerprint density at radius 1 is 1.19 bits per heavy atom. The fraction of sp³-hybridized carbons (Fsp3) is 0.524. The Kier molecular flexibility index (Phi) is 9.00. The van der Waals surface area contributed by atoms with E-state index in [1.807, 2.05) is 4.57 Å². The van der Waals surface area contributed by atoms with Crippen LogP contribution in [0.2, 0.25) is 0 Å². The normalized spacial score (nSPS) is 15.3. The largest absolute Gasteiger partial charge is 0.383 e. The lowest BCUT2D eigenvalue weighted by atomic mass is 10.1. The van der Waals surface area contributed by atoms with Crippen molar-refractivity contribution in [2.45, 2.75) is 37.4 Å².